The zero-order valence-corrected chi connectivity index (χ0v) is 12.5. The number of nitrogens with two attached hydrogens (primary N) is 1. The number of thiazole rings is 1. The Labute approximate surface area is 124 Å². The second-order valence-corrected chi connectivity index (χ2v) is 7.20. The summed E-state index contributed by atoms with van der Waals surface area (Å²) in [5.41, 5.74) is 9.85. The van der Waals surface area contributed by atoms with E-state index in [1.165, 1.54) is 54.7 Å². The zero-order chi connectivity index (χ0) is 13.5. The van der Waals surface area contributed by atoms with Crippen molar-refractivity contribution < 1.29 is 0 Å². The lowest BCUT2D eigenvalue weighted by Crippen LogP contribution is -1.91. The fourth-order valence-corrected chi connectivity index (χ4v) is 4.26. The van der Waals surface area contributed by atoms with Crippen LogP contribution >= 0.6 is 11.3 Å². The maximum absolute atomic E-state index is 6.21. The molecule has 1 aromatic carbocycles. The van der Waals surface area contributed by atoms with Gasteiger partial charge in [-0.05, 0) is 37.2 Å². The first-order chi connectivity index (χ1) is 9.81. The van der Waals surface area contributed by atoms with Crippen LogP contribution in [0.15, 0.2) is 24.3 Å². The maximum atomic E-state index is 6.21. The molecule has 1 aromatic heterocycles. The minimum atomic E-state index is 0.654. The molecule has 0 aliphatic heterocycles. The number of hydrogen-bond acceptors (Lipinski definition) is 3. The average Bonchev–Trinajstić information content (AvgIpc) is 3.03. The second kappa shape index (κ2) is 4.88. The van der Waals surface area contributed by atoms with E-state index in [-0.39, 0.29) is 0 Å². The molecule has 2 N–H and O–H groups in total. The lowest BCUT2D eigenvalue weighted by atomic mass is 10.1. The molecule has 2 aromatic rings. The molecule has 0 saturated heterocycles. The Kier molecular flexibility index (Phi) is 3.03. The first-order valence-electron chi connectivity index (χ1n) is 7.68. The van der Waals surface area contributed by atoms with Gasteiger partial charge in [0, 0.05) is 11.5 Å². The molecule has 0 atom stereocenters. The number of nitrogens with zero attached hydrogens (tertiary/aromatic N) is 1. The number of aromatic nitrogens is 1. The summed E-state index contributed by atoms with van der Waals surface area (Å²) in [4.78, 5) is 4.85. The average molecular weight is 284 g/mol. The van der Waals surface area contributed by atoms with Crippen LogP contribution in [0.3, 0.4) is 0 Å². The monoisotopic (exact) mass is 284 g/mol. The zero-order valence-electron chi connectivity index (χ0n) is 11.6. The molecule has 0 amide bonds. The van der Waals surface area contributed by atoms with E-state index in [4.69, 9.17) is 10.7 Å². The first kappa shape index (κ1) is 12.4. The van der Waals surface area contributed by atoms with Crippen LogP contribution in [0.1, 0.15) is 60.9 Å². The minimum Gasteiger partial charge on any atom is -0.389 e. The van der Waals surface area contributed by atoms with Crippen molar-refractivity contribution in [1.29, 1.82) is 0 Å². The van der Waals surface area contributed by atoms with E-state index in [1.807, 2.05) is 0 Å². The van der Waals surface area contributed by atoms with Crippen molar-refractivity contribution in [2.75, 3.05) is 5.73 Å². The summed E-state index contributed by atoms with van der Waals surface area (Å²) < 4.78 is 0. The Balaban J connectivity index is 1.63. The number of hydrogen-bond donors (Lipinski definition) is 1. The summed E-state index contributed by atoms with van der Waals surface area (Å²) in [5, 5.41) is 2.13. The van der Waals surface area contributed by atoms with Crippen molar-refractivity contribution >= 4 is 16.3 Å². The van der Waals surface area contributed by atoms with Gasteiger partial charge in [0.1, 0.15) is 10.7 Å². The normalized spacial score (nSPS) is 19.6. The molecule has 0 bridgehead atoms. The highest BCUT2D eigenvalue weighted by atomic mass is 32.1. The molecule has 2 nitrogen and oxygen atoms in total. The molecule has 3 heteroatoms. The van der Waals surface area contributed by atoms with Gasteiger partial charge >= 0.3 is 0 Å². The van der Waals surface area contributed by atoms with Crippen LogP contribution in [0.2, 0.25) is 0 Å². The third-order valence-electron chi connectivity index (χ3n) is 4.61. The van der Waals surface area contributed by atoms with Crippen molar-refractivity contribution in [2.45, 2.75) is 50.4 Å². The second-order valence-electron chi connectivity index (χ2n) is 6.14. The van der Waals surface area contributed by atoms with E-state index in [1.54, 1.807) is 11.3 Å². The van der Waals surface area contributed by atoms with E-state index >= 15 is 0 Å². The highest BCUT2D eigenvalue weighted by molar-refractivity contribution is 7.16. The molecular formula is C17H20N2S. The third kappa shape index (κ3) is 2.24. The Bertz CT molecular complexity index is 604. The fraction of sp³-hybridized carbons (Fsp3) is 0.471. The van der Waals surface area contributed by atoms with Crippen LogP contribution in [-0.4, -0.2) is 4.98 Å². The molecule has 0 spiro atoms. The first-order valence-corrected chi connectivity index (χ1v) is 8.49. The van der Waals surface area contributed by atoms with Crippen LogP contribution < -0.4 is 5.73 Å². The molecular weight excluding hydrogens is 264 g/mol. The predicted molar refractivity (Wildman–Crippen MR) is 85.1 cm³/mol. The van der Waals surface area contributed by atoms with Gasteiger partial charge < -0.3 is 5.73 Å². The molecule has 104 valence electrons. The van der Waals surface area contributed by atoms with Crippen LogP contribution in [0.25, 0.3) is 11.3 Å². The SMILES string of the molecule is Nc1sc(C2CCCC2)nc1-c1ccc(C2CC2)cc1. The van der Waals surface area contributed by atoms with Crippen molar-refractivity contribution in [3.05, 3.63) is 34.8 Å². The summed E-state index contributed by atoms with van der Waals surface area (Å²) >= 11 is 1.70. The molecule has 2 fully saturated rings. The Hall–Kier alpha value is -1.35. The van der Waals surface area contributed by atoms with Crippen LogP contribution in [0.4, 0.5) is 5.00 Å². The molecule has 4 rings (SSSR count). The fourth-order valence-electron chi connectivity index (χ4n) is 3.23. The van der Waals surface area contributed by atoms with Gasteiger partial charge in [0.2, 0.25) is 0 Å². The van der Waals surface area contributed by atoms with Gasteiger partial charge in [0.25, 0.3) is 0 Å². The quantitative estimate of drug-likeness (QED) is 0.868. The minimum absolute atomic E-state index is 0.654. The van der Waals surface area contributed by atoms with Gasteiger partial charge in [-0.2, -0.15) is 0 Å². The Morgan fingerprint density at radius 1 is 0.950 bits per heavy atom. The van der Waals surface area contributed by atoms with E-state index in [2.05, 4.69) is 24.3 Å². The lowest BCUT2D eigenvalue weighted by molar-refractivity contribution is 0.717. The van der Waals surface area contributed by atoms with E-state index in [0.29, 0.717) is 5.92 Å². The maximum Gasteiger partial charge on any atom is 0.114 e. The van der Waals surface area contributed by atoms with Gasteiger partial charge in [0.15, 0.2) is 0 Å². The van der Waals surface area contributed by atoms with Crippen LogP contribution in [-0.2, 0) is 0 Å². The number of anilines is 1. The van der Waals surface area contributed by atoms with Crippen molar-refractivity contribution in [2.24, 2.45) is 0 Å². The highest BCUT2D eigenvalue weighted by Crippen LogP contribution is 2.42. The number of nitrogen functional groups attached to an aromatic ring is 1. The van der Waals surface area contributed by atoms with Crippen molar-refractivity contribution in [3.63, 3.8) is 0 Å². The van der Waals surface area contributed by atoms with Crippen molar-refractivity contribution in [1.82, 2.24) is 4.98 Å². The molecule has 2 saturated carbocycles. The van der Waals surface area contributed by atoms with Crippen molar-refractivity contribution in [3.8, 4) is 11.3 Å². The molecule has 2 aliphatic rings. The van der Waals surface area contributed by atoms with Gasteiger partial charge in [-0.15, -0.1) is 11.3 Å². The summed E-state index contributed by atoms with van der Waals surface area (Å²) in [7, 11) is 0. The van der Waals surface area contributed by atoms with Gasteiger partial charge in [-0.25, -0.2) is 4.98 Å². The summed E-state index contributed by atoms with van der Waals surface area (Å²) in [6.07, 6.45) is 7.96. The van der Waals surface area contributed by atoms with Gasteiger partial charge in [-0.1, -0.05) is 37.1 Å². The van der Waals surface area contributed by atoms with Gasteiger partial charge in [-0.3, -0.25) is 0 Å². The number of rotatable bonds is 3. The molecule has 1 heterocycles. The van der Waals surface area contributed by atoms with E-state index in [9.17, 15) is 0 Å². The summed E-state index contributed by atoms with van der Waals surface area (Å²) in [6, 6.07) is 8.89. The third-order valence-corrected chi connectivity index (χ3v) is 5.65. The largest absolute Gasteiger partial charge is 0.389 e. The molecule has 0 unspecified atom stereocenters. The lowest BCUT2D eigenvalue weighted by Gasteiger charge is -2.03. The Morgan fingerprint density at radius 2 is 1.65 bits per heavy atom. The summed E-state index contributed by atoms with van der Waals surface area (Å²) in [5.74, 6) is 1.47. The highest BCUT2D eigenvalue weighted by Gasteiger charge is 2.24. The summed E-state index contributed by atoms with van der Waals surface area (Å²) in [6.45, 7) is 0. The molecule has 0 radical (unpaired) electrons. The Morgan fingerprint density at radius 3 is 2.30 bits per heavy atom. The van der Waals surface area contributed by atoms with Crippen LogP contribution in [0.5, 0.6) is 0 Å². The topological polar surface area (TPSA) is 38.9 Å². The molecule has 2 aliphatic carbocycles. The molecule has 20 heavy (non-hydrogen) atoms. The van der Waals surface area contributed by atoms with Crippen LogP contribution in [0, 0.1) is 0 Å². The van der Waals surface area contributed by atoms with E-state index in [0.717, 1.165) is 16.6 Å². The predicted octanol–water partition coefficient (Wildman–Crippen LogP) is 4.93. The number of benzene rings is 1. The van der Waals surface area contributed by atoms with E-state index < -0.39 is 0 Å². The smallest absolute Gasteiger partial charge is 0.114 e. The van der Waals surface area contributed by atoms with Gasteiger partial charge in [0.05, 0.1) is 5.01 Å². The standard InChI is InChI=1S/C17H20N2S/c18-16-15(19-17(20-16)14-3-1-2-4-14)13-9-7-12(8-10-13)11-5-6-11/h7-11,14H,1-6,18H2.